The molecule has 4 nitrogen and oxygen atoms in total. The van der Waals surface area contributed by atoms with E-state index in [-0.39, 0.29) is 6.54 Å². The lowest BCUT2D eigenvalue weighted by molar-refractivity contribution is 0.463. The predicted octanol–water partition coefficient (Wildman–Crippen LogP) is 1.11. The predicted molar refractivity (Wildman–Crippen MR) is 70.3 cm³/mol. The first-order valence-corrected chi connectivity index (χ1v) is 7.54. The third kappa shape index (κ3) is 3.07. The lowest BCUT2D eigenvalue weighted by Crippen LogP contribution is -2.31. The van der Waals surface area contributed by atoms with Crippen LogP contribution in [0.3, 0.4) is 0 Å². The van der Waals surface area contributed by atoms with Crippen molar-refractivity contribution >= 4 is 21.4 Å². The zero-order valence-corrected chi connectivity index (χ0v) is 11.6. The van der Waals surface area contributed by atoms with E-state index in [0.717, 1.165) is 4.88 Å². The van der Waals surface area contributed by atoms with E-state index in [1.807, 2.05) is 0 Å². The molecule has 0 atom stereocenters. The van der Waals surface area contributed by atoms with Crippen LogP contribution in [-0.2, 0) is 16.6 Å². The van der Waals surface area contributed by atoms with Crippen LogP contribution in [0.5, 0.6) is 0 Å². The first kappa shape index (κ1) is 14.2. The van der Waals surface area contributed by atoms with Gasteiger partial charge >= 0.3 is 0 Å². The Morgan fingerprint density at radius 3 is 2.82 bits per heavy atom. The fourth-order valence-corrected chi connectivity index (χ4v) is 4.24. The Hall–Kier alpha value is -0.870. The second-order valence-electron chi connectivity index (χ2n) is 3.37. The lowest BCUT2D eigenvalue weighted by Gasteiger charge is -2.18. The van der Waals surface area contributed by atoms with Crippen molar-refractivity contribution < 1.29 is 8.42 Å². The molecule has 0 bridgehead atoms. The summed E-state index contributed by atoms with van der Waals surface area (Å²) in [6.07, 6.45) is 5.19. The van der Waals surface area contributed by atoms with Gasteiger partial charge in [0.05, 0.1) is 11.4 Å². The van der Waals surface area contributed by atoms with Gasteiger partial charge in [-0.15, -0.1) is 17.8 Å². The zero-order chi connectivity index (χ0) is 12.9. The molecule has 0 spiro atoms. The fraction of sp³-hybridized carbons (Fsp3) is 0.455. The van der Waals surface area contributed by atoms with E-state index in [2.05, 4.69) is 11.2 Å². The van der Waals surface area contributed by atoms with E-state index in [4.69, 9.17) is 6.42 Å². The van der Waals surface area contributed by atoms with Crippen molar-refractivity contribution in [2.24, 2.45) is 0 Å². The van der Waals surface area contributed by atoms with Crippen LogP contribution in [0.4, 0.5) is 0 Å². The Morgan fingerprint density at radius 1 is 1.59 bits per heavy atom. The van der Waals surface area contributed by atoms with E-state index in [9.17, 15) is 8.42 Å². The number of nitrogens with one attached hydrogen (secondary N) is 1. The van der Waals surface area contributed by atoms with Crippen LogP contribution < -0.4 is 5.32 Å². The van der Waals surface area contributed by atoms with Gasteiger partial charge in [-0.25, -0.2) is 8.42 Å². The number of rotatable bonds is 6. The maximum Gasteiger partial charge on any atom is 0.245 e. The molecule has 0 radical (unpaired) electrons. The summed E-state index contributed by atoms with van der Waals surface area (Å²) in [6, 6.07) is 1.63. The molecule has 17 heavy (non-hydrogen) atoms. The van der Waals surface area contributed by atoms with Gasteiger partial charge in [-0.05, 0) is 18.5 Å². The molecule has 0 saturated heterocycles. The van der Waals surface area contributed by atoms with Gasteiger partial charge < -0.3 is 5.32 Å². The summed E-state index contributed by atoms with van der Waals surface area (Å²) in [5.41, 5.74) is 0. The van der Waals surface area contributed by atoms with Crippen molar-refractivity contribution in [1.82, 2.24) is 9.62 Å². The molecule has 0 aromatic carbocycles. The molecule has 1 aromatic rings. The van der Waals surface area contributed by atoms with Gasteiger partial charge in [-0.2, -0.15) is 4.31 Å². The van der Waals surface area contributed by atoms with Gasteiger partial charge in [0.2, 0.25) is 10.0 Å². The van der Waals surface area contributed by atoms with Gasteiger partial charge in [0, 0.05) is 18.0 Å². The standard InChI is InChI=1S/C11H16N2O2S2/c1-4-7-13(5-2)17(14,15)11-6-8-16-10(11)9-12-3/h1,6,8,12H,5,7,9H2,2-3H3. The SMILES string of the molecule is C#CCN(CC)S(=O)(=O)c1ccsc1CNC. The molecule has 1 heterocycles. The van der Waals surface area contributed by atoms with Crippen LogP contribution in [0.1, 0.15) is 11.8 Å². The van der Waals surface area contributed by atoms with Gasteiger partial charge in [-0.3, -0.25) is 0 Å². The van der Waals surface area contributed by atoms with Crippen molar-refractivity contribution in [2.45, 2.75) is 18.4 Å². The minimum absolute atomic E-state index is 0.105. The van der Waals surface area contributed by atoms with Crippen LogP contribution >= 0.6 is 11.3 Å². The number of terminal acetylenes is 1. The highest BCUT2D eigenvalue weighted by Crippen LogP contribution is 2.24. The number of thiophene rings is 1. The van der Waals surface area contributed by atoms with Crippen molar-refractivity contribution in [2.75, 3.05) is 20.1 Å². The molecule has 0 unspecified atom stereocenters. The third-order valence-electron chi connectivity index (χ3n) is 2.28. The summed E-state index contributed by atoms with van der Waals surface area (Å²) >= 11 is 1.43. The van der Waals surface area contributed by atoms with E-state index in [0.29, 0.717) is 18.0 Å². The molecule has 1 N–H and O–H groups in total. The lowest BCUT2D eigenvalue weighted by atomic mass is 10.5. The molecule has 0 amide bonds. The molecule has 94 valence electrons. The van der Waals surface area contributed by atoms with E-state index < -0.39 is 10.0 Å². The van der Waals surface area contributed by atoms with Crippen LogP contribution in [-0.4, -0.2) is 32.9 Å². The van der Waals surface area contributed by atoms with Crippen LogP contribution in [0.25, 0.3) is 0 Å². The largest absolute Gasteiger partial charge is 0.315 e. The van der Waals surface area contributed by atoms with Gasteiger partial charge in [0.1, 0.15) is 0 Å². The third-order valence-corrected chi connectivity index (χ3v) is 5.34. The maximum absolute atomic E-state index is 12.3. The van der Waals surface area contributed by atoms with E-state index >= 15 is 0 Å². The highest BCUT2D eigenvalue weighted by atomic mass is 32.2. The van der Waals surface area contributed by atoms with Crippen LogP contribution in [0.2, 0.25) is 0 Å². The Balaban J connectivity index is 3.12. The fourth-order valence-electron chi connectivity index (χ4n) is 1.46. The van der Waals surface area contributed by atoms with Crippen molar-refractivity contribution in [3.05, 3.63) is 16.3 Å². The smallest absolute Gasteiger partial charge is 0.245 e. The Labute approximate surface area is 107 Å². The molecule has 0 fully saturated rings. The highest BCUT2D eigenvalue weighted by molar-refractivity contribution is 7.89. The Morgan fingerprint density at radius 2 is 2.29 bits per heavy atom. The normalized spacial score (nSPS) is 11.6. The number of hydrogen-bond acceptors (Lipinski definition) is 4. The molecule has 1 aromatic heterocycles. The molecule has 0 aliphatic rings. The zero-order valence-electron chi connectivity index (χ0n) is 9.93. The van der Waals surface area contributed by atoms with E-state index in [1.165, 1.54) is 15.6 Å². The summed E-state index contributed by atoms with van der Waals surface area (Å²) < 4.78 is 25.9. The Bertz CT molecular complexity index is 500. The molecular formula is C11H16N2O2S2. The summed E-state index contributed by atoms with van der Waals surface area (Å²) in [5, 5.41) is 4.74. The second-order valence-corrected chi connectivity index (χ2v) is 6.28. The first-order valence-electron chi connectivity index (χ1n) is 5.22. The quantitative estimate of drug-likeness (QED) is 0.789. The van der Waals surface area contributed by atoms with Crippen molar-refractivity contribution in [3.8, 4) is 12.3 Å². The average molecular weight is 272 g/mol. The summed E-state index contributed by atoms with van der Waals surface area (Å²) in [5.74, 6) is 2.37. The monoisotopic (exact) mass is 272 g/mol. The minimum Gasteiger partial charge on any atom is -0.315 e. The maximum atomic E-state index is 12.3. The summed E-state index contributed by atoms with van der Waals surface area (Å²) in [4.78, 5) is 1.16. The second kappa shape index (κ2) is 6.17. The van der Waals surface area contributed by atoms with Crippen molar-refractivity contribution in [3.63, 3.8) is 0 Å². The molecule has 6 heteroatoms. The van der Waals surface area contributed by atoms with Crippen LogP contribution in [0, 0.1) is 12.3 Å². The number of sulfonamides is 1. The Kier molecular flexibility index (Phi) is 5.15. The van der Waals surface area contributed by atoms with E-state index in [1.54, 1.807) is 25.4 Å². The van der Waals surface area contributed by atoms with Crippen LogP contribution in [0.15, 0.2) is 16.3 Å². The summed E-state index contributed by atoms with van der Waals surface area (Å²) in [7, 11) is -1.67. The van der Waals surface area contributed by atoms with Gasteiger partial charge in [0.15, 0.2) is 0 Å². The molecule has 1 rings (SSSR count). The first-order chi connectivity index (χ1) is 8.07. The number of nitrogens with zero attached hydrogens (tertiary/aromatic N) is 1. The molecule has 0 saturated carbocycles. The molecule has 0 aliphatic heterocycles. The minimum atomic E-state index is -3.46. The van der Waals surface area contributed by atoms with Gasteiger partial charge in [-0.1, -0.05) is 12.8 Å². The average Bonchev–Trinajstić information content (AvgIpc) is 2.75. The topological polar surface area (TPSA) is 49.4 Å². The highest BCUT2D eigenvalue weighted by Gasteiger charge is 2.25. The molecular weight excluding hydrogens is 256 g/mol. The number of hydrogen-bond donors (Lipinski definition) is 1. The van der Waals surface area contributed by atoms with Crippen molar-refractivity contribution in [1.29, 1.82) is 0 Å². The van der Waals surface area contributed by atoms with Gasteiger partial charge in [0.25, 0.3) is 0 Å². The summed E-state index contributed by atoms with van der Waals surface area (Å²) in [6.45, 7) is 2.80. The molecule has 0 aliphatic carbocycles.